The van der Waals surface area contributed by atoms with Gasteiger partial charge in [-0.2, -0.15) is 0 Å². The van der Waals surface area contributed by atoms with Gasteiger partial charge in [0.1, 0.15) is 0 Å². The SMILES string of the molecule is CCOCOc1ccc(CO)cc1OC. The van der Waals surface area contributed by atoms with Crippen LogP contribution in [0.25, 0.3) is 0 Å². The lowest BCUT2D eigenvalue weighted by molar-refractivity contribution is 0.0209. The summed E-state index contributed by atoms with van der Waals surface area (Å²) in [6, 6.07) is 5.27. The molecule has 0 saturated heterocycles. The van der Waals surface area contributed by atoms with E-state index in [1.165, 1.54) is 0 Å². The van der Waals surface area contributed by atoms with Crippen LogP contribution in [0.3, 0.4) is 0 Å². The molecule has 0 fully saturated rings. The van der Waals surface area contributed by atoms with Gasteiger partial charge in [0.2, 0.25) is 0 Å². The van der Waals surface area contributed by atoms with Crippen molar-refractivity contribution < 1.29 is 19.3 Å². The van der Waals surface area contributed by atoms with Crippen LogP contribution in [0.4, 0.5) is 0 Å². The lowest BCUT2D eigenvalue weighted by Crippen LogP contribution is -2.03. The Labute approximate surface area is 89.4 Å². The van der Waals surface area contributed by atoms with E-state index in [1.807, 2.05) is 6.92 Å². The third-order valence-electron chi connectivity index (χ3n) is 1.91. The first-order valence-electron chi connectivity index (χ1n) is 4.80. The predicted molar refractivity (Wildman–Crippen MR) is 56.0 cm³/mol. The van der Waals surface area contributed by atoms with Crippen LogP contribution in [-0.2, 0) is 11.3 Å². The van der Waals surface area contributed by atoms with Crippen molar-refractivity contribution in [3.8, 4) is 11.5 Å². The summed E-state index contributed by atoms with van der Waals surface area (Å²) in [6.07, 6.45) is 0. The monoisotopic (exact) mass is 212 g/mol. The average Bonchev–Trinajstić information content (AvgIpc) is 2.29. The number of aliphatic hydroxyl groups excluding tert-OH is 1. The largest absolute Gasteiger partial charge is 0.493 e. The normalized spacial score (nSPS) is 10.1. The zero-order valence-corrected chi connectivity index (χ0v) is 9.03. The third kappa shape index (κ3) is 3.42. The first-order chi connectivity index (χ1) is 7.31. The minimum absolute atomic E-state index is 0.0118. The van der Waals surface area contributed by atoms with Crippen molar-refractivity contribution in [2.24, 2.45) is 0 Å². The molecule has 1 aromatic carbocycles. The summed E-state index contributed by atoms with van der Waals surface area (Å²) in [7, 11) is 1.56. The smallest absolute Gasteiger partial charge is 0.189 e. The molecule has 0 heterocycles. The van der Waals surface area contributed by atoms with Crippen LogP contribution in [0.2, 0.25) is 0 Å². The average molecular weight is 212 g/mol. The van der Waals surface area contributed by atoms with E-state index in [9.17, 15) is 0 Å². The Balaban J connectivity index is 2.69. The Morgan fingerprint density at radius 3 is 2.67 bits per heavy atom. The van der Waals surface area contributed by atoms with E-state index in [-0.39, 0.29) is 13.4 Å². The van der Waals surface area contributed by atoms with Crippen molar-refractivity contribution in [3.05, 3.63) is 23.8 Å². The molecule has 0 bridgehead atoms. The molecule has 84 valence electrons. The van der Waals surface area contributed by atoms with Crippen LogP contribution in [0.5, 0.6) is 11.5 Å². The Morgan fingerprint density at radius 1 is 1.27 bits per heavy atom. The second-order valence-corrected chi connectivity index (χ2v) is 2.90. The Kier molecular flexibility index (Phi) is 4.93. The Bertz CT molecular complexity index is 299. The molecule has 0 spiro atoms. The van der Waals surface area contributed by atoms with E-state index in [0.717, 1.165) is 5.56 Å². The van der Waals surface area contributed by atoms with Gasteiger partial charge in [-0.1, -0.05) is 6.07 Å². The maximum Gasteiger partial charge on any atom is 0.189 e. The number of benzene rings is 1. The highest BCUT2D eigenvalue weighted by Crippen LogP contribution is 2.27. The second kappa shape index (κ2) is 6.27. The van der Waals surface area contributed by atoms with Crippen molar-refractivity contribution in [1.29, 1.82) is 0 Å². The van der Waals surface area contributed by atoms with Crippen molar-refractivity contribution in [3.63, 3.8) is 0 Å². The van der Waals surface area contributed by atoms with E-state index < -0.39 is 0 Å². The summed E-state index contributed by atoms with van der Waals surface area (Å²) in [4.78, 5) is 0. The number of ether oxygens (including phenoxy) is 3. The first kappa shape index (κ1) is 11.8. The lowest BCUT2D eigenvalue weighted by atomic mass is 10.2. The topological polar surface area (TPSA) is 47.9 Å². The van der Waals surface area contributed by atoms with Gasteiger partial charge in [-0.15, -0.1) is 0 Å². The van der Waals surface area contributed by atoms with Crippen LogP contribution < -0.4 is 9.47 Å². The highest BCUT2D eigenvalue weighted by molar-refractivity contribution is 5.42. The maximum absolute atomic E-state index is 8.94. The minimum atomic E-state index is -0.0118. The van der Waals surface area contributed by atoms with Gasteiger partial charge < -0.3 is 19.3 Å². The zero-order chi connectivity index (χ0) is 11.1. The molecule has 1 aromatic rings. The Hall–Kier alpha value is -1.26. The summed E-state index contributed by atoms with van der Waals surface area (Å²) in [5, 5.41) is 8.94. The van der Waals surface area contributed by atoms with E-state index in [4.69, 9.17) is 19.3 Å². The molecule has 1 N–H and O–H groups in total. The molecule has 0 amide bonds. The summed E-state index contributed by atoms with van der Waals surface area (Å²) < 4.78 is 15.5. The number of hydrogen-bond donors (Lipinski definition) is 1. The second-order valence-electron chi connectivity index (χ2n) is 2.90. The van der Waals surface area contributed by atoms with E-state index in [2.05, 4.69) is 0 Å². The molecule has 4 heteroatoms. The number of methoxy groups -OCH3 is 1. The molecule has 4 nitrogen and oxygen atoms in total. The van der Waals surface area contributed by atoms with Gasteiger partial charge in [0.15, 0.2) is 18.3 Å². The summed E-state index contributed by atoms with van der Waals surface area (Å²) in [5.41, 5.74) is 0.788. The van der Waals surface area contributed by atoms with Gasteiger partial charge in [0.25, 0.3) is 0 Å². The van der Waals surface area contributed by atoms with E-state index in [0.29, 0.717) is 18.1 Å². The molecule has 0 atom stereocenters. The summed E-state index contributed by atoms with van der Waals surface area (Å²) in [5.74, 6) is 1.21. The fraction of sp³-hybridized carbons (Fsp3) is 0.455. The molecule has 15 heavy (non-hydrogen) atoms. The van der Waals surface area contributed by atoms with E-state index in [1.54, 1.807) is 25.3 Å². The van der Waals surface area contributed by atoms with Gasteiger partial charge in [-0.05, 0) is 24.6 Å². The van der Waals surface area contributed by atoms with Crippen molar-refractivity contribution >= 4 is 0 Å². The summed E-state index contributed by atoms with van der Waals surface area (Å²) >= 11 is 0. The molecular weight excluding hydrogens is 196 g/mol. The third-order valence-corrected chi connectivity index (χ3v) is 1.91. The molecule has 0 radical (unpaired) electrons. The molecule has 0 unspecified atom stereocenters. The lowest BCUT2D eigenvalue weighted by Gasteiger charge is -2.11. The van der Waals surface area contributed by atoms with Gasteiger partial charge in [0, 0.05) is 6.61 Å². The minimum Gasteiger partial charge on any atom is -0.493 e. The quantitative estimate of drug-likeness (QED) is 0.574. The predicted octanol–water partition coefficient (Wildman–Crippen LogP) is 1.56. The van der Waals surface area contributed by atoms with Gasteiger partial charge in [0.05, 0.1) is 13.7 Å². The molecule has 0 aliphatic carbocycles. The van der Waals surface area contributed by atoms with Crippen molar-refractivity contribution in [2.75, 3.05) is 20.5 Å². The molecule has 1 rings (SSSR count). The van der Waals surface area contributed by atoms with Gasteiger partial charge in [-0.3, -0.25) is 0 Å². The van der Waals surface area contributed by atoms with Crippen LogP contribution in [-0.4, -0.2) is 25.6 Å². The fourth-order valence-electron chi connectivity index (χ4n) is 1.12. The van der Waals surface area contributed by atoms with Crippen LogP contribution in [0, 0.1) is 0 Å². The summed E-state index contributed by atoms with van der Waals surface area (Å²) in [6.45, 7) is 2.69. The molecule has 0 aliphatic rings. The fourth-order valence-corrected chi connectivity index (χ4v) is 1.12. The molecule has 0 aliphatic heterocycles. The van der Waals surface area contributed by atoms with Crippen molar-refractivity contribution in [2.45, 2.75) is 13.5 Å². The Morgan fingerprint density at radius 2 is 2.07 bits per heavy atom. The number of hydrogen-bond acceptors (Lipinski definition) is 4. The highest BCUT2D eigenvalue weighted by Gasteiger charge is 2.04. The first-order valence-corrected chi connectivity index (χ1v) is 4.80. The standard InChI is InChI=1S/C11H16O4/c1-3-14-8-15-10-5-4-9(7-12)6-11(10)13-2/h4-6,12H,3,7-8H2,1-2H3. The van der Waals surface area contributed by atoms with E-state index >= 15 is 0 Å². The van der Waals surface area contributed by atoms with Crippen LogP contribution >= 0.6 is 0 Å². The highest BCUT2D eigenvalue weighted by atomic mass is 16.7. The van der Waals surface area contributed by atoms with Crippen molar-refractivity contribution in [1.82, 2.24) is 0 Å². The van der Waals surface area contributed by atoms with Crippen LogP contribution in [0.1, 0.15) is 12.5 Å². The van der Waals surface area contributed by atoms with Crippen LogP contribution in [0.15, 0.2) is 18.2 Å². The van der Waals surface area contributed by atoms with Gasteiger partial charge >= 0.3 is 0 Å². The maximum atomic E-state index is 8.94. The van der Waals surface area contributed by atoms with Gasteiger partial charge in [-0.25, -0.2) is 0 Å². The number of rotatable bonds is 6. The molecule has 0 saturated carbocycles. The molecular formula is C11H16O4. The zero-order valence-electron chi connectivity index (χ0n) is 9.03. The number of aliphatic hydroxyl groups is 1. The molecule has 0 aromatic heterocycles.